The average molecular weight is 343 g/mol. The minimum absolute atomic E-state index is 0.0872. The molecule has 1 aromatic rings. The van der Waals surface area contributed by atoms with Crippen molar-refractivity contribution in [3.63, 3.8) is 0 Å². The minimum Gasteiger partial charge on any atom is -0.341 e. The lowest BCUT2D eigenvalue weighted by Crippen LogP contribution is -2.40. The molecule has 0 saturated carbocycles. The van der Waals surface area contributed by atoms with E-state index in [1.165, 1.54) is 6.07 Å². The summed E-state index contributed by atoms with van der Waals surface area (Å²) in [7, 11) is 0. The molecule has 1 aliphatic rings. The van der Waals surface area contributed by atoms with Crippen LogP contribution in [0.5, 0.6) is 0 Å². The second-order valence-electron chi connectivity index (χ2n) is 5.40. The number of amides is 1. The quantitative estimate of drug-likeness (QED) is 0.890. The molecule has 1 heterocycles. The standard InChI is InChI=1S/C15H20BrFN2O/c1-10(9-19-7-3-4-15(19)20)18-11(2)13-6-5-12(16)8-14(13)17/h5-6,8,10-11,18H,3-4,7,9H2,1-2H3. The highest BCUT2D eigenvalue weighted by Gasteiger charge is 2.22. The molecule has 110 valence electrons. The molecule has 2 unspecified atom stereocenters. The second-order valence-corrected chi connectivity index (χ2v) is 6.31. The van der Waals surface area contributed by atoms with Crippen LogP contribution in [0.4, 0.5) is 4.39 Å². The molecular formula is C15H20BrFN2O. The highest BCUT2D eigenvalue weighted by molar-refractivity contribution is 9.10. The fourth-order valence-corrected chi connectivity index (χ4v) is 2.98. The number of halogens is 2. The Balaban J connectivity index is 1.93. The molecule has 1 fully saturated rings. The van der Waals surface area contributed by atoms with Gasteiger partial charge >= 0.3 is 0 Å². The van der Waals surface area contributed by atoms with Gasteiger partial charge in [-0.2, -0.15) is 0 Å². The highest BCUT2D eigenvalue weighted by Crippen LogP contribution is 2.21. The van der Waals surface area contributed by atoms with E-state index in [2.05, 4.69) is 21.2 Å². The third-order valence-electron chi connectivity index (χ3n) is 3.63. The number of carbonyl (C=O) groups excluding carboxylic acids is 1. The fourth-order valence-electron chi connectivity index (χ4n) is 2.65. The number of likely N-dealkylation sites (tertiary alicyclic amines) is 1. The van der Waals surface area contributed by atoms with Crippen molar-refractivity contribution in [1.82, 2.24) is 10.2 Å². The Kier molecular flexibility index (Phi) is 5.16. The average Bonchev–Trinajstić information content (AvgIpc) is 2.74. The zero-order valence-corrected chi connectivity index (χ0v) is 13.4. The van der Waals surface area contributed by atoms with Crippen LogP contribution < -0.4 is 5.32 Å². The van der Waals surface area contributed by atoms with Crippen LogP contribution in [0.2, 0.25) is 0 Å². The predicted octanol–water partition coefficient (Wildman–Crippen LogP) is 3.25. The maximum absolute atomic E-state index is 13.9. The van der Waals surface area contributed by atoms with Crippen molar-refractivity contribution in [3.05, 3.63) is 34.1 Å². The number of hydrogen-bond donors (Lipinski definition) is 1. The van der Waals surface area contributed by atoms with E-state index in [9.17, 15) is 9.18 Å². The summed E-state index contributed by atoms with van der Waals surface area (Å²) in [5.74, 6) is 0.00458. The number of nitrogens with one attached hydrogen (secondary N) is 1. The fraction of sp³-hybridized carbons (Fsp3) is 0.533. The Hall–Kier alpha value is -0.940. The largest absolute Gasteiger partial charge is 0.341 e. The van der Waals surface area contributed by atoms with Gasteiger partial charge in [-0.3, -0.25) is 4.79 Å². The van der Waals surface area contributed by atoms with Gasteiger partial charge in [-0.1, -0.05) is 22.0 Å². The van der Waals surface area contributed by atoms with Crippen molar-refractivity contribution in [3.8, 4) is 0 Å². The van der Waals surface area contributed by atoms with Gasteiger partial charge in [0.2, 0.25) is 5.91 Å². The first-order chi connectivity index (χ1) is 9.47. The maximum atomic E-state index is 13.9. The molecule has 1 N–H and O–H groups in total. The highest BCUT2D eigenvalue weighted by atomic mass is 79.9. The van der Waals surface area contributed by atoms with Crippen molar-refractivity contribution in [2.45, 2.75) is 38.8 Å². The molecule has 1 saturated heterocycles. The van der Waals surface area contributed by atoms with Crippen LogP contribution in [0.15, 0.2) is 22.7 Å². The number of benzene rings is 1. The number of carbonyl (C=O) groups is 1. The summed E-state index contributed by atoms with van der Waals surface area (Å²) in [4.78, 5) is 13.5. The zero-order chi connectivity index (χ0) is 14.7. The Labute approximate surface area is 127 Å². The van der Waals surface area contributed by atoms with Crippen LogP contribution in [-0.2, 0) is 4.79 Å². The van der Waals surface area contributed by atoms with Gasteiger partial charge in [-0.25, -0.2) is 4.39 Å². The Morgan fingerprint density at radius 3 is 2.80 bits per heavy atom. The van der Waals surface area contributed by atoms with Crippen molar-refractivity contribution in [1.29, 1.82) is 0 Å². The molecule has 0 bridgehead atoms. The van der Waals surface area contributed by atoms with E-state index < -0.39 is 0 Å². The van der Waals surface area contributed by atoms with Crippen molar-refractivity contribution in [2.24, 2.45) is 0 Å². The smallest absolute Gasteiger partial charge is 0.222 e. The summed E-state index contributed by atoms with van der Waals surface area (Å²) in [5, 5.41) is 3.35. The lowest BCUT2D eigenvalue weighted by Gasteiger charge is -2.25. The SMILES string of the molecule is CC(CN1CCCC1=O)NC(C)c1ccc(Br)cc1F. The monoisotopic (exact) mass is 342 g/mol. The van der Waals surface area contributed by atoms with Crippen LogP contribution >= 0.6 is 15.9 Å². The first-order valence-corrected chi connectivity index (χ1v) is 7.75. The van der Waals surface area contributed by atoms with E-state index >= 15 is 0 Å². The lowest BCUT2D eigenvalue weighted by atomic mass is 10.1. The van der Waals surface area contributed by atoms with E-state index in [0.29, 0.717) is 18.5 Å². The summed E-state index contributed by atoms with van der Waals surface area (Å²) >= 11 is 3.26. The van der Waals surface area contributed by atoms with Crippen LogP contribution in [0.25, 0.3) is 0 Å². The molecule has 0 aromatic heterocycles. The number of rotatable bonds is 5. The van der Waals surface area contributed by atoms with E-state index in [1.807, 2.05) is 24.8 Å². The molecule has 1 aromatic carbocycles. The van der Waals surface area contributed by atoms with Crippen LogP contribution in [0.3, 0.4) is 0 Å². The van der Waals surface area contributed by atoms with Crippen molar-refractivity contribution >= 4 is 21.8 Å². The molecule has 0 radical (unpaired) electrons. The normalized spacial score (nSPS) is 18.4. The Bertz CT molecular complexity index is 495. The summed E-state index contributed by atoms with van der Waals surface area (Å²) in [6.45, 7) is 5.49. The van der Waals surface area contributed by atoms with E-state index in [4.69, 9.17) is 0 Å². The summed E-state index contributed by atoms with van der Waals surface area (Å²) in [6, 6.07) is 5.14. The molecule has 2 atom stereocenters. The first-order valence-electron chi connectivity index (χ1n) is 6.96. The number of hydrogen-bond acceptors (Lipinski definition) is 2. The maximum Gasteiger partial charge on any atom is 0.222 e. The zero-order valence-electron chi connectivity index (χ0n) is 11.8. The molecule has 20 heavy (non-hydrogen) atoms. The lowest BCUT2D eigenvalue weighted by molar-refractivity contribution is -0.127. The summed E-state index contributed by atoms with van der Waals surface area (Å²) in [6.07, 6.45) is 1.60. The van der Waals surface area contributed by atoms with Crippen molar-refractivity contribution in [2.75, 3.05) is 13.1 Å². The van der Waals surface area contributed by atoms with Gasteiger partial charge in [0.15, 0.2) is 0 Å². The summed E-state index contributed by atoms with van der Waals surface area (Å²) in [5.41, 5.74) is 0.646. The van der Waals surface area contributed by atoms with Crippen LogP contribution in [0.1, 0.15) is 38.3 Å². The molecule has 5 heteroatoms. The van der Waals surface area contributed by atoms with Gasteiger partial charge in [0.25, 0.3) is 0 Å². The van der Waals surface area contributed by atoms with Crippen LogP contribution in [0, 0.1) is 5.82 Å². The Morgan fingerprint density at radius 2 is 2.20 bits per heavy atom. The molecule has 2 rings (SSSR count). The molecule has 1 aliphatic heterocycles. The second kappa shape index (κ2) is 6.68. The van der Waals surface area contributed by atoms with Crippen LogP contribution in [-0.4, -0.2) is 29.9 Å². The topological polar surface area (TPSA) is 32.3 Å². The van der Waals surface area contributed by atoms with Gasteiger partial charge in [0.05, 0.1) is 0 Å². The minimum atomic E-state index is -0.219. The summed E-state index contributed by atoms with van der Waals surface area (Å²) < 4.78 is 14.6. The van der Waals surface area contributed by atoms with Gasteiger partial charge < -0.3 is 10.2 Å². The van der Waals surface area contributed by atoms with E-state index in [-0.39, 0.29) is 23.8 Å². The predicted molar refractivity (Wildman–Crippen MR) is 80.9 cm³/mol. The van der Waals surface area contributed by atoms with Crippen molar-refractivity contribution < 1.29 is 9.18 Å². The Morgan fingerprint density at radius 1 is 1.45 bits per heavy atom. The van der Waals surface area contributed by atoms with E-state index in [0.717, 1.165) is 17.4 Å². The van der Waals surface area contributed by atoms with Gasteiger partial charge in [-0.15, -0.1) is 0 Å². The molecule has 3 nitrogen and oxygen atoms in total. The molecule has 0 spiro atoms. The van der Waals surface area contributed by atoms with Gasteiger partial charge in [0, 0.05) is 41.6 Å². The number of nitrogens with zero attached hydrogens (tertiary/aromatic N) is 1. The van der Waals surface area contributed by atoms with E-state index in [1.54, 1.807) is 6.07 Å². The third-order valence-corrected chi connectivity index (χ3v) is 4.12. The van der Waals surface area contributed by atoms with Gasteiger partial charge in [0.1, 0.15) is 5.82 Å². The first kappa shape index (κ1) is 15.4. The molecular weight excluding hydrogens is 323 g/mol. The molecule has 1 amide bonds. The van der Waals surface area contributed by atoms with Gasteiger partial charge in [-0.05, 0) is 32.4 Å². The third kappa shape index (κ3) is 3.79. The molecule has 0 aliphatic carbocycles.